The smallest absolute Gasteiger partial charge is 0.246 e. The van der Waals surface area contributed by atoms with Crippen molar-refractivity contribution in [2.75, 3.05) is 11.9 Å². The molecule has 0 spiro atoms. The summed E-state index contributed by atoms with van der Waals surface area (Å²) in [4.78, 5) is 15.8. The third-order valence-electron chi connectivity index (χ3n) is 2.66. The third kappa shape index (κ3) is 4.63. The number of carbonyl (C=O) groups excluding carboxylic acids is 1. The van der Waals surface area contributed by atoms with Crippen molar-refractivity contribution in [2.24, 2.45) is 4.99 Å². The van der Waals surface area contributed by atoms with Gasteiger partial charge in [0, 0.05) is 21.8 Å². The summed E-state index contributed by atoms with van der Waals surface area (Å²) in [6.45, 7) is -0.130. The molecule has 7 heteroatoms. The fraction of sp³-hybridized carbons (Fsp3) is 0.0667. The highest BCUT2D eigenvalue weighted by molar-refractivity contribution is 6.35. The fourth-order valence-corrected chi connectivity index (χ4v) is 2.16. The van der Waals surface area contributed by atoms with Gasteiger partial charge in [0.25, 0.3) is 0 Å². The molecular weight excluding hydrogens is 347 g/mol. The molecular formula is C15H11Cl3N2O2. The van der Waals surface area contributed by atoms with Crippen LogP contribution >= 0.6 is 34.8 Å². The van der Waals surface area contributed by atoms with Crippen LogP contribution in [0.3, 0.4) is 0 Å². The van der Waals surface area contributed by atoms with Gasteiger partial charge in [-0.15, -0.1) is 0 Å². The van der Waals surface area contributed by atoms with Crippen LogP contribution in [0.4, 0.5) is 5.69 Å². The van der Waals surface area contributed by atoms with Crippen LogP contribution in [0, 0.1) is 0 Å². The number of aliphatic imine (C=N–C) groups is 1. The zero-order valence-corrected chi connectivity index (χ0v) is 13.5. The maximum atomic E-state index is 11.8. The molecule has 0 fully saturated rings. The molecule has 0 atom stereocenters. The van der Waals surface area contributed by atoms with Gasteiger partial charge in [0.15, 0.2) is 0 Å². The summed E-state index contributed by atoms with van der Waals surface area (Å²) in [6, 6.07) is 9.32. The van der Waals surface area contributed by atoms with Crippen molar-refractivity contribution in [3.8, 4) is 5.75 Å². The number of halogens is 3. The predicted molar refractivity (Wildman–Crippen MR) is 90.7 cm³/mol. The summed E-state index contributed by atoms with van der Waals surface area (Å²) in [7, 11) is 0. The van der Waals surface area contributed by atoms with E-state index in [4.69, 9.17) is 34.8 Å². The lowest BCUT2D eigenvalue weighted by atomic mass is 10.2. The predicted octanol–water partition coefficient (Wildman–Crippen LogP) is 4.41. The molecule has 0 aromatic heterocycles. The van der Waals surface area contributed by atoms with E-state index in [-0.39, 0.29) is 18.2 Å². The lowest BCUT2D eigenvalue weighted by Crippen LogP contribution is -2.15. The van der Waals surface area contributed by atoms with E-state index >= 15 is 0 Å². The number of benzene rings is 2. The Hall–Kier alpha value is -1.75. The van der Waals surface area contributed by atoms with Gasteiger partial charge in [-0.2, -0.15) is 0 Å². The minimum absolute atomic E-state index is 0.0337. The van der Waals surface area contributed by atoms with Crippen molar-refractivity contribution >= 4 is 52.6 Å². The maximum Gasteiger partial charge on any atom is 0.246 e. The monoisotopic (exact) mass is 356 g/mol. The molecule has 22 heavy (non-hydrogen) atoms. The summed E-state index contributed by atoms with van der Waals surface area (Å²) >= 11 is 17.6. The number of phenolic OH excluding ortho intramolecular Hbond substituents is 1. The number of rotatable bonds is 4. The normalized spacial score (nSPS) is 10.9. The van der Waals surface area contributed by atoms with E-state index in [1.54, 1.807) is 30.3 Å². The molecule has 0 saturated heterocycles. The molecule has 0 heterocycles. The minimum Gasteiger partial charge on any atom is -0.507 e. The molecule has 1 amide bonds. The second-order valence-corrected chi connectivity index (χ2v) is 5.63. The number of hydrogen-bond acceptors (Lipinski definition) is 3. The van der Waals surface area contributed by atoms with Gasteiger partial charge in [-0.1, -0.05) is 34.8 Å². The van der Waals surface area contributed by atoms with Crippen LogP contribution < -0.4 is 5.32 Å². The van der Waals surface area contributed by atoms with Gasteiger partial charge in [-0.05, 0) is 36.4 Å². The average Bonchev–Trinajstić information content (AvgIpc) is 2.46. The molecule has 2 N–H and O–H groups in total. The third-order valence-corrected chi connectivity index (χ3v) is 3.46. The average molecular weight is 358 g/mol. The maximum absolute atomic E-state index is 11.8. The Bertz CT molecular complexity index is 733. The van der Waals surface area contributed by atoms with Crippen molar-refractivity contribution in [2.45, 2.75) is 0 Å². The quantitative estimate of drug-likeness (QED) is 0.796. The molecule has 0 radical (unpaired) electrons. The second-order valence-electron chi connectivity index (χ2n) is 4.35. The van der Waals surface area contributed by atoms with E-state index in [1.165, 1.54) is 12.3 Å². The fourth-order valence-electron chi connectivity index (χ4n) is 1.64. The Morgan fingerprint density at radius 3 is 2.59 bits per heavy atom. The summed E-state index contributed by atoms with van der Waals surface area (Å²) in [5.74, 6) is -0.326. The Kier molecular flexibility index (Phi) is 5.66. The van der Waals surface area contributed by atoms with E-state index < -0.39 is 0 Å². The molecule has 0 bridgehead atoms. The largest absolute Gasteiger partial charge is 0.507 e. The van der Waals surface area contributed by atoms with Crippen LogP contribution in [0.1, 0.15) is 5.56 Å². The zero-order valence-electron chi connectivity index (χ0n) is 11.2. The first kappa shape index (κ1) is 16.6. The Morgan fingerprint density at radius 1 is 1.14 bits per heavy atom. The molecule has 4 nitrogen and oxygen atoms in total. The summed E-state index contributed by atoms with van der Waals surface area (Å²) in [5.41, 5.74) is 0.848. The van der Waals surface area contributed by atoms with Crippen LogP contribution in [-0.4, -0.2) is 23.8 Å². The number of nitrogens with zero attached hydrogens (tertiary/aromatic N) is 1. The minimum atomic E-state index is -0.359. The molecule has 0 aliphatic carbocycles. The number of aromatic hydroxyl groups is 1. The molecule has 0 unspecified atom stereocenters. The van der Waals surface area contributed by atoms with E-state index in [1.807, 2.05) is 0 Å². The van der Waals surface area contributed by atoms with Crippen LogP contribution in [0.2, 0.25) is 15.1 Å². The van der Waals surface area contributed by atoms with Gasteiger partial charge in [-0.25, -0.2) is 0 Å². The van der Waals surface area contributed by atoms with Crippen molar-refractivity contribution in [3.63, 3.8) is 0 Å². The van der Waals surface area contributed by atoms with Gasteiger partial charge in [0.05, 0.1) is 10.7 Å². The number of anilines is 1. The number of amides is 1. The molecule has 2 rings (SSSR count). The number of nitrogens with one attached hydrogen (secondary N) is 1. The van der Waals surface area contributed by atoms with Crippen LogP contribution in [0.25, 0.3) is 0 Å². The summed E-state index contributed by atoms with van der Waals surface area (Å²) in [6.07, 6.45) is 1.38. The molecule has 2 aromatic carbocycles. The van der Waals surface area contributed by atoms with E-state index in [0.29, 0.717) is 26.3 Å². The van der Waals surface area contributed by atoms with E-state index in [9.17, 15) is 9.90 Å². The Labute approximate surface area is 142 Å². The van der Waals surface area contributed by atoms with Gasteiger partial charge in [0.2, 0.25) is 5.91 Å². The molecule has 114 valence electrons. The lowest BCUT2D eigenvalue weighted by Gasteiger charge is -2.06. The van der Waals surface area contributed by atoms with Gasteiger partial charge in [0.1, 0.15) is 12.3 Å². The number of carbonyl (C=O) groups is 1. The van der Waals surface area contributed by atoms with Crippen LogP contribution in [0.15, 0.2) is 41.4 Å². The first-order valence-corrected chi connectivity index (χ1v) is 7.32. The number of phenols is 1. The summed E-state index contributed by atoms with van der Waals surface area (Å²) < 4.78 is 0. The summed E-state index contributed by atoms with van der Waals surface area (Å²) in [5, 5.41) is 13.5. The first-order valence-electron chi connectivity index (χ1n) is 6.19. The number of hydrogen-bond donors (Lipinski definition) is 2. The Balaban J connectivity index is 1.99. The van der Waals surface area contributed by atoms with Crippen LogP contribution in [-0.2, 0) is 4.79 Å². The van der Waals surface area contributed by atoms with Crippen LogP contribution in [0.5, 0.6) is 5.75 Å². The highest BCUT2D eigenvalue weighted by Crippen LogP contribution is 2.25. The molecule has 2 aromatic rings. The molecule has 0 saturated carbocycles. The van der Waals surface area contributed by atoms with Crippen molar-refractivity contribution < 1.29 is 9.90 Å². The SMILES string of the molecule is O=C(CN=Cc1cc(Cl)ccc1O)Nc1cc(Cl)ccc1Cl. The van der Waals surface area contributed by atoms with Gasteiger partial charge in [-0.3, -0.25) is 9.79 Å². The van der Waals surface area contributed by atoms with Gasteiger partial charge >= 0.3 is 0 Å². The highest BCUT2D eigenvalue weighted by atomic mass is 35.5. The zero-order chi connectivity index (χ0) is 16.1. The van der Waals surface area contributed by atoms with Crippen molar-refractivity contribution in [1.29, 1.82) is 0 Å². The first-order chi connectivity index (χ1) is 10.5. The lowest BCUT2D eigenvalue weighted by molar-refractivity contribution is -0.114. The van der Waals surface area contributed by atoms with Crippen molar-refractivity contribution in [3.05, 3.63) is 57.0 Å². The van der Waals surface area contributed by atoms with E-state index in [0.717, 1.165) is 0 Å². The van der Waals surface area contributed by atoms with Crippen molar-refractivity contribution in [1.82, 2.24) is 0 Å². The van der Waals surface area contributed by atoms with E-state index in [2.05, 4.69) is 10.3 Å². The second kappa shape index (κ2) is 7.49. The molecule has 0 aliphatic heterocycles. The Morgan fingerprint density at radius 2 is 1.82 bits per heavy atom. The standard InChI is InChI=1S/C15H11Cl3N2O2/c16-10-2-4-14(21)9(5-10)7-19-8-15(22)20-13-6-11(17)1-3-12(13)18/h1-7,21H,8H2,(H,20,22). The topological polar surface area (TPSA) is 61.7 Å². The highest BCUT2D eigenvalue weighted by Gasteiger charge is 2.06. The van der Waals surface area contributed by atoms with Gasteiger partial charge < -0.3 is 10.4 Å². The molecule has 0 aliphatic rings.